The molecule has 4 aromatic heterocycles. The fourth-order valence-corrected chi connectivity index (χ4v) is 9.71. The van der Waals surface area contributed by atoms with Gasteiger partial charge in [0.05, 0.1) is 38.8 Å². The second-order valence-electron chi connectivity index (χ2n) is 16.0. The molecule has 0 N–H and O–H groups in total. The number of hydrogen-bond acceptors (Lipinski definition) is 3. The number of rotatable bonds is 6. The molecule has 0 aliphatic rings. The Balaban J connectivity index is 1.03. The van der Waals surface area contributed by atoms with Crippen molar-refractivity contribution in [1.82, 2.24) is 28.7 Å². The summed E-state index contributed by atoms with van der Waals surface area (Å²) in [6.07, 6.45) is 0. The first-order valence-electron chi connectivity index (χ1n) is 21.3. The van der Waals surface area contributed by atoms with Crippen molar-refractivity contribution >= 4 is 65.4 Å². The second kappa shape index (κ2) is 14.0. The first-order chi connectivity index (χ1) is 31.3. The number of fused-ring (bicyclic) bond motifs is 9. The molecule has 6 heteroatoms. The lowest BCUT2D eigenvalue weighted by molar-refractivity contribution is 1.07. The van der Waals surface area contributed by atoms with Crippen molar-refractivity contribution in [1.29, 1.82) is 0 Å². The van der Waals surface area contributed by atoms with Crippen LogP contribution in [0.5, 0.6) is 0 Å². The zero-order valence-corrected chi connectivity index (χ0v) is 34.0. The van der Waals surface area contributed by atoms with E-state index >= 15 is 0 Å². The maximum Gasteiger partial charge on any atom is 0.164 e. The zero-order valence-electron chi connectivity index (χ0n) is 34.0. The fourth-order valence-electron chi connectivity index (χ4n) is 9.71. The van der Waals surface area contributed by atoms with Crippen LogP contribution < -0.4 is 0 Å². The molecule has 6 nitrogen and oxygen atoms in total. The van der Waals surface area contributed by atoms with Crippen LogP contribution in [0.4, 0.5) is 0 Å². The summed E-state index contributed by atoms with van der Waals surface area (Å²) < 4.78 is 7.27. The number of benzene rings is 9. The molecule has 13 aromatic rings. The Morgan fingerprint density at radius 2 is 0.667 bits per heavy atom. The molecule has 0 amide bonds. The average Bonchev–Trinajstić information content (AvgIpc) is 3.99. The lowest BCUT2D eigenvalue weighted by atomic mass is 10.1. The Morgan fingerprint density at radius 3 is 1.25 bits per heavy atom. The normalized spacial score (nSPS) is 11.8. The third-order valence-electron chi connectivity index (χ3n) is 12.5. The highest BCUT2D eigenvalue weighted by atomic mass is 15.0. The Kier molecular flexibility index (Phi) is 7.80. The zero-order chi connectivity index (χ0) is 41.4. The van der Waals surface area contributed by atoms with Gasteiger partial charge in [-0.3, -0.25) is 0 Å². The van der Waals surface area contributed by atoms with Gasteiger partial charge < -0.3 is 13.7 Å². The van der Waals surface area contributed by atoms with E-state index in [1.54, 1.807) is 0 Å². The van der Waals surface area contributed by atoms with E-state index in [0.29, 0.717) is 17.5 Å². The smallest absolute Gasteiger partial charge is 0.164 e. The topological polar surface area (TPSA) is 53.5 Å². The summed E-state index contributed by atoms with van der Waals surface area (Å²) in [5, 5.41) is 7.31. The molecule has 4 heterocycles. The van der Waals surface area contributed by atoms with E-state index in [0.717, 1.165) is 50.3 Å². The minimum Gasteiger partial charge on any atom is -0.309 e. The van der Waals surface area contributed by atoms with E-state index in [1.807, 2.05) is 60.7 Å². The summed E-state index contributed by atoms with van der Waals surface area (Å²) in [6.45, 7) is 0. The predicted octanol–water partition coefficient (Wildman–Crippen LogP) is 14.2. The van der Waals surface area contributed by atoms with Crippen molar-refractivity contribution in [2.45, 2.75) is 0 Å². The van der Waals surface area contributed by atoms with Gasteiger partial charge in [-0.25, -0.2) is 15.0 Å². The highest BCUT2D eigenvalue weighted by molar-refractivity contribution is 6.21. The lowest BCUT2D eigenvalue weighted by Crippen LogP contribution is -2.00. The molecule has 0 aliphatic heterocycles. The standard InChI is InChI=1S/C57H36N6/c1-4-17-37(18-5-1)55-58-56(38-19-6-2-7-20-38)60-57(59-55)39-31-33-41(34-32-39)62-47-26-13-10-23-42(47)45-35-46-43-24-11-14-27-48(43)63(53(46)36-52(45)62)51-30-16-29-50-54(51)44-25-12-15-28-49(44)61(50)40-21-8-3-9-22-40/h1-36H. The highest BCUT2D eigenvalue weighted by Crippen LogP contribution is 2.43. The van der Waals surface area contributed by atoms with Gasteiger partial charge in [-0.15, -0.1) is 0 Å². The van der Waals surface area contributed by atoms with Crippen LogP contribution in [0, 0.1) is 0 Å². The van der Waals surface area contributed by atoms with E-state index in [4.69, 9.17) is 15.0 Å². The van der Waals surface area contributed by atoms with Gasteiger partial charge in [0, 0.05) is 60.4 Å². The monoisotopic (exact) mass is 804 g/mol. The summed E-state index contributed by atoms with van der Waals surface area (Å²) in [6, 6.07) is 77.4. The van der Waals surface area contributed by atoms with Gasteiger partial charge in [-0.2, -0.15) is 0 Å². The molecular formula is C57H36N6. The molecule has 0 spiro atoms. The molecule has 0 aliphatic carbocycles. The second-order valence-corrected chi connectivity index (χ2v) is 16.0. The van der Waals surface area contributed by atoms with E-state index in [2.05, 4.69) is 171 Å². The van der Waals surface area contributed by atoms with Crippen LogP contribution >= 0.6 is 0 Å². The van der Waals surface area contributed by atoms with Crippen LogP contribution in [0.1, 0.15) is 0 Å². The summed E-state index contributed by atoms with van der Waals surface area (Å²) in [4.78, 5) is 14.9. The largest absolute Gasteiger partial charge is 0.309 e. The van der Waals surface area contributed by atoms with Gasteiger partial charge in [0.25, 0.3) is 0 Å². The van der Waals surface area contributed by atoms with Gasteiger partial charge in [0.1, 0.15) is 0 Å². The molecule has 0 saturated heterocycles. The van der Waals surface area contributed by atoms with Gasteiger partial charge in [-0.1, -0.05) is 140 Å². The molecule has 0 unspecified atom stereocenters. The average molecular weight is 805 g/mol. The number of aromatic nitrogens is 6. The van der Waals surface area contributed by atoms with Crippen molar-refractivity contribution < 1.29 is 0 Å². The van der Waals surface area contributed by atoms with E-state index in [1.165, 1.54) is 48.9 Å². The Morgan fingerprint density at radius 1 is 0.254 bits per heavy atom. The molecular weight excluding hydrogens is 769 g/mol. The van der Waals surface area contributed by atoms with Crippen molar-refractivity contribution in [2.24, 2.45) is 0 Å². The van der Waals surface area contributed by atoms with Crippen LogP contribution in [0.15, 0.2) is 218 Å². The Bertz CT molecular complexity index is 3820. The molecule has 294 valence electrons. The number of nitrogens with zero attached hydrogens (tertiary/aromatic N) is 6. The maximum absolute atomic E-state index is 5.01. The Labute approximate surface area is 362 Å². The van der Waals surface area contributed by atoms with Crippen LogP contribution in [0.25, 0.3) is 117 Å². The number of para-hydroxylation sites is 4. The summed E-state index contributed by atoms with van der Waals surface area (Å²) in [5.74, 6) is 1.92. The molecule has 63 heavy (non-hydrogen) atoms. The third kappa shape index (κ3) is 5.48. The molecule has 9 aromatic carbocycles. The van der Waals surface area contributed by atoms with E-state index in [-0.39, 0.29) is 0 Å². The minimum atomic E-state index is 0.630. The molecule has 0 saturated carbocycles. The SMILES string of the molecule is c1ccc(-c2nc(-c3ccccc3)nc(-c3ccc(-n4c5ccccc5c5cc6c7ccccc7n(-c7cccc8c7c7ccccc7n8-c7ccccc7)c6cc54)cc3)n2)cc1. The first kappa shape index (κ1) is 35.2. The van der Waals surface area contributed by atoms with Crippen molar-refractivity contribution in [3.05, 3.63) is 218 Å². The Hall–Kier alpha value is -8.61. The van der Waals surface area contributed by atoms with Gasteiger partial charge in [0.15, 0.2) is 17.5 Å². The van der Waals surface area contributed by atoms with Gasteiger partial charge in [0.2, 0.25) is 0 Å². The quantitative estimate of drug-likeness (QED) is 0.168. The lowest BCUT2D eigenvalue weighted by Gasteiger charge is -2.13. The predicted molar refractivity (Wildman–Crippen MR) is 259 cm³/mol. The molecule has 0 fully saturated rings. The fraction of sp³-hybridized carbons (Fsp3) is 0. The van der Waals surface area contributed by atoms with E-state index in [9.17, 15) is 0 Å². The maximum atomic E-state index is 5.01. The molecule has 0 atom stereocenters. The van der Waals surface area contributed by atoms with Crippen LogP contribution in [-0.2, 0) is 0 Å². The van der Waals surface area contributed by atoms with Crippen molar-refractivity contribution in [3.63, 3.8) is 0 Å². The summed E-state index contributed by atoms with van der Waals surface area (Å²) >= 11 is 0. The summed E-state index contributed by atoms with van der Waals surface area (Å²) in [5.41, 5.74) is 13.1. The van der Waals surface area contributed by atoms with Crippen molar-refractivity contribution in [2.75, 3.05) is 0 Å². The third-order valence-corrected chi connectivity index (χ3v) is 12.5. The van der Waals surface area contributed by atoms with Crippen LogP contribution in [-0.4, -0.2) is 28.7 Å². The number of hydrogen-bond donors (Lipinski definition) is 0. The van der Waals surface area contributed by atoms with Crippen molar-refractivity contribution in [3.8, 4) is 51.2 Å². The van der Waals surface area contributed by atoms with Gasteiger partial charge in [-0.05, 0) is 78.9 Å². The van der Waals surface area contributed by atoms with Crippen LogP contribution in [0.2, 0.25) is 0 Å². The molecule has 13 rings (SSSR count). The van der Waals surface area contributed by atoms with Crippen LogP contribution in [0.3, 0.4) is 0 Å². The first-order valence-corrected chi connectivity index (χ1v) is 21.3. The highest BCUT2D eigenvalue weighted by Gasteiger charge is 2.22. The summed E-state index contributed by atoms with van der Waals surface area (Å²) in [7, 11) is 0. The molecule has 0 radical (unpaired) electrons. The molecule has 0 bridgehead atoms. The van der Waals surface area contributed by atoms with E-state index < -0.39 is 0 Å². The minimum absolute atomic E-state index is 0.630. The van der Waals surface area contributed by atoms with Gasteiger partial charge >= 0.3 is 0 Å².